The van der Waals surface area contributed by atoms with Gasteiger partial charge < -0.3 is 10.2 Å². The Morgan fingerprint density at radius 3 is 2.11 bits per heavy atom. The van der Waals surface area contributed by atoms with Gasteiger partial charge in [-0.15, -0.1) is 0 Å². The molecule has 4 bridgehead atoms. The predicted octanol–water partition coefficient (Wildman–Crippen LogP) is 3.97. The number of hydrogen-bond donors (Lipinski definition) is 1. The summed E-state index contributed by atoms with van der Waals surface area (Å²) in [5.74, 6) is 6.59. The summed E-state index contributed by atoms with van der Waals surface area (Å²) in [6.07, 6.45) is 7.30. The molecule has 1 atom stereocenters. The maximum Gasteiger partial charge on any atom is 0.105 e. The fourth-order valence-electron chi connectivity index (χ4n) is 5.74. The molecule has 19 heavy (non-hydrogen) atoms. The highest BCUT2D eigenvalue weighted by Gasteiger charge is 2.50. The summed E-state index contributed by atoms with van der Waals surface area (Å²) in [4.78, 5) is 0. The van der Waals surface area contributed by atoms with Crippen LogP contribution in [0.15, 0.2) is 10.5 Å². The molecule has 0 amide bonds. The predicted molar refractivity (Wildman–Crippen MR) is 75.6 cm³/mol. The second-order valence-corrected chi connectivity index (χ2v) is 7.40. The number of furan rings is 1. The molecule has 0 aromatic carbocycles. The van der Waals surface area contributed by atoms with Crippen LogP contribution in [0.4, 0.5) is 0 Å². The maximum absolute atomic E-state index is 6.67. The molecule has 0 radical (unpaired) electrons. The third-order valence-electron chi connectivity index (χ3n) is 6.15. The zero-order valence-electron chi connectivity index (χ0n) is 12.1. The number of nitrogens with two attached hydrogens (primary N) is 1. The molecule has 4 aliphatic carbocycles. The number of aryl methyl sites for hydroxylation is 2. The smallest absolute Gasteiger partial charge is 0.105 e. The van der Waals surface area contributed by atoms with Crippen molar-refractivity contribution in [2.24, 2.45) is 35.3 Å². The van der Waals surface area contributed by atoms with Gasteiger partial charge in [0.1, 0.15) is 11.5 Å². The second-order valence-electron chi connectivity index (χ2n) is 7.40. The molecule has 2 heteroatoms. The summed E-state index contributed by atoms with van der Waals surface area (Å²) in [6.45, 7) is 4.10. The maximum atomic E-state index is 6.67. The molecule has 4 fully saturated rings. The third kappa shape index (κ3) is 1.79. The third-order valence-corrected chi connectivity index (χ3v) is 6.15. The van der Waals surface area contributed by atoms with Gasteiger partial charge in [0.2, 0.25) is 0 Å². The van der Waals surface area contributed by atoms with E-state index in [9.17, 15) is 0 Å². The Kier molecular flexibility index (Phi) is 2.60. The molecule has 5 rings (SSSR count). The second kappa shape index (κ2) is 4.12. The van der Waals surface area contributed by atoms with Crippen LogP contribution in [0.2, 0.25) is 0 Å². The van der Waals surface area contributed by atoms with E-state index in [1.165, 1.54) is 37.7 Å². The number of hydrogen-bond acceptors (Lipinski definition) is 2. The Hall–Kier alpha value is -0.760. The molecule has 1 aromatic heterocycles. The van der Waals surface area contributed by atoms with Gasteiger partial charge in [-0.25, -0.2) is 0 Å². The van der Waals surface area contributed by atoms with Crippen LogP contribution in [0.5, 0.6) is 0 Å². The van der Waals surface area contributed by atoms with Crippen LogP contribution in [0, 0.1) is 43.4 Å². The molecule has 4 saturated carbocycles. The lowest BCUT2D eigenvalue weighted by Gasteiger charge is -2.56. The summed E-state index contributed by atoms with van der Waals surface area (Å²) in [6, 6.07) is 2.37. The van der Waals surface area contributed by atoms with Crippen molar-refractivity contribution in [1.29, 1.82) is 0 Å². The molecule has 0 saturated heterocycles. The van der Waals surface area contributed by atoms with Crippen LogP contribution in [-0.2, 0) is 0 Å². The average molecular weight is 259 g/mol. The van der Waals surface area contributed by atoms with Gasteiger partial charge in [-0.1, -0.05) is 0 Å². The van der Waals surface area contributed by atoms with Gasteiger partial charge in [0, 0.05) is 11.6 Å². The summed E-state index contributed by atoms with van der Waals surface area (Å²) >= 11 is 0. The number of rotatable bonds is 2. The van der Waals surface area contributed by atoms with Gasteiger partial charge in [-0.3, -0.25) is 0 Å². The van der Waals surface area contributed by atoms with E-state index >= 15 is 0 Å². The summed E-state index contributed by atoms with van der Waals surface area (Å²) in [5, 5.41) is 0. The first-order valence-corrected chi connectivity index (χ1v) is 7.94. The molecule has 0 spiro atoms. The van der Waals surface area contributed by atoms with E-state index in [0.29, 0.717) is 5.92 Å². The van der Waals surface area contributed by atoms with Crippen molar-refractivity contribution in [1.82, 2.24) is 0 Å². The Labute approximate surface area is 115 Å². The SMILES string of the molecule is Cc1cc(C(N)C2C3CC4CC(C3)CC2C4)c(C)o1. The molecule has 1 aromatic rings. The summed E-state index contributed by atoms with van der Waals surface area (Å²) < 4.78 is 5.70. The van der Waals surface area contributed by atoms with Crippen molar-refractivity contribution >= 4 is 0 Å². The van der Waals surface area contributed by atoms with Crippen molar-refractivity contribution in [2.45, 2.75) is 52.0 Å². The highest BCUT2D eigenvalue weighted by molar-refractivity contribution is 5.25. The fraction of sp³-hybridized carbons (Fsp3) is 0.765. The van der Waals surface area contributed by atoms with Crippen LogP contribution in [0.3, 0.4) is 0 Å². The molecule has 1 unspecified atom stereocenters. The molecule has 2 N–H and O–H groups in total. The quantitative estimate of drug-likeness (QED) is 0.873. The van der Waals surface area contributed by atoms with Gasteiger partial charge in [0.15, 0.2) is 0 Å². The van der Waals surface area contributed by atoms with Crippen LogP contribution in [-0.4, -0.2) is 0 Å². The van der Waals surface area contributed by atoms with E-state index in [-0.39, 0.29) is 6.04 Å². The molecular weight excluding hydrogens is 234 g/mol. The average Bonchev–Trinajstić information content (AvgIpc) is 2.66. The minimum atomic E-state index is 0.201. The summed E-state index contributed by atoms with van der Waals surface area (Å²) in [5.41, 5.74) is 7.95. The van der Waals surface area contributed by atoms with Crippen molar-refractivity contribution < 1.29 is 4.42 Å². The van der Waals surface area contributed by atoms with Crippen molar-refractivity contribution in [3.63, 3.8) is 0 Å². The van der Waals surface area contributed by atoms with Crippen molar-refractivity contribution in [2.75, 3.05) is 0 Å². The molecule has 104 valence electrons. The van der Waals surface area contributed by atoms with E-state index in [1.807, 2.05) is 6.92 Å². The zero-order chi connectivity index (χ0) is 13.1. The minimum absolute atomic E-state index is 0.201. The van der Waals surface area contributed by atoms with Gasteiger partial charge >= 0.3 is 0 Å². The lowest BCUT2D eigenvalue weighted by Crippen LogP contribution is -2.48. The molecular formula is C17H25NO. The topological polar surface area (TPSA) is 39.2 Å². The highest BCUT2D eigenvalue weighted by atomic mass is 16.3. The van der Waals surface area contributed by atoms with Gasteiger partial charge in [0.05, 0.1) is 0 Å². The highest BCUT2D eigenvalue weighted by Crippen LogP contribution is 2.59. The Morgan fingerprint density at radius 1 is 1.05 bits per heavy atom. The van der Waals surface area contributed by atoms with E-state index in [2.05, 4.69) is 13.0 Å². The Balaban J connectivity index is 1.63. The van der Waals surface area contributed by atoms with Crippen LogP contribution < -0.4 is 5.73 Å². The standard InChI is InChI=1S/C17H25NO/c1-9-3-15(10(2)19-9)17(18)16-13-5-11-4-12(7-13)8-14(16)6-11/h3,11-14,16-17H,4-8,18H2,1-2H3. The van der Waals surface area contributed by atoms with E-state index in [1.54, 1.807) is 0 Å². The van der Waals surface area contributed by atoms with Gasteiger partial charge in [-0.05, 0) is 81.6 Å². The molecule has 2 nitrogen and oxygen atoms in total. The molecule has 0 aliphatic heterocycles. The lowest BCUT2D eigenvalue weighted by molar-refractivity contribution is -0.0473. The van der Waals surface area contributed by atoms with Crippen LogP contribution in [0.25, 0.3) is 0 Å². The van der Waals surface area contributed by atoms with E-state index in [4.69, 9.17) is 10.2 Å². The van der Waals surface area contributed by atoms with E-state index in [0.717, 1.165) is 35.2 Å². The minimum Gasteiger partial charge on any atom is -0.466 e. The first-order valence-electron chi connectivity index (χ1n) is 7.94. The largest absolute Gasteiger partial charge is 0.466 e. The Morgan fingerprint density at radius 2 is 1.63 bits per heavy atom. The van der Waals surface area contributed by atoms with Crippen LogP contribution >= 0.6 is 0 Å². The zero-order valence-corrected chi connectivity index (χ0v) is 12.1. The molecule has 1 heterocycles. The Bertz CT molecular complexity index is 461. The first-order chi connectivity index (χ1) is 9.11. The van der Waals surface area contributed by atoms with Crippen LogP contribution in [0.1, 0.15) is 55.2 Å². The van der Waals surface area contributed by atoms with Gasteiger partial charge in [0.25, 0.3) is 0 Å². The molecule has 4 aliphatic rings. The fourth-order valence-corrected chi connectivity index (χ4v) is 5.74. The monoisotopic (exact) mass is 259 g/mol. The normalized spacial score (nSPS) is 41.7. The summed E-state index contributed by atoms with van der Waals surface area (Å²) in [7, 11) is 0. The lowest BCUT2D eigenvalue weighted by atomic mass is 9.50. The van der Waals surface area contributed by atoms with Crippen molar-refractivity contribution in [3.8, 4) is 0 Å². The van der Waals surface area contributed by atoms with E-state index < -0.39 is 0 Å². The van der Waals surface area contributed by atoms with Crippen molar-refractivity contribution in [3.05, 3.63) is 23.2 Å². The first kappa shape index (κ1) is 12.0. The van der Waals surface area contributed by atoms with Gasteiger partial charge in [-0.2, -0.15) is 0 Å².